The number of carbonyl (C=O) groups is 1. The molecule has 0 saturated heterocycles. The van der Waals surface area contributed by atoms with E-state index in [4.69, 9.17) is 5.11 Å². The number of hydrogen-bond donors (Lipinski definition) is 1. The summed E-state index contributed by atoms with van der Waals surface area (Å²) < 4.78 is 0. The standard InChI is InChI=1S/C26H44O2/c1-2-3-4-5-6-7-8-9-10-11-12-13-14-15-17-24-20-22-25(23-21-24)18-16-19-26(27)28/h20-23H,2-19H2,1H3,(H,27,28). The van der Waals surface area contributed by atoms with Gasteiger partial charge in [0.2, 0.25) is 0 Å². The second-order valence-corrected chi connectivity index (χ2v) is 8.41. The number of aliphatic carboxylic acids is 1. The highest BCUT2D eigenvalue weighted by molar-refractivity contribution is 5.66. The summed E-state index contributed by atoms with van der Waals surface area (Å²) in [5, 5.41) is 8.69. The van der Waals surface area contributed by atoms with Crippen molar-refractivity contribution in [3.05, 3.63) is 35.4 Å². The van der Waals surface area contributed by atoms with Gasteiger partial charge in [-0.05, 0) is 36.8 Å². The number of rotatable bonds is 19. The van der Waals surface area contributed by atoms with Crippen LogP contribution in [0.3, 0.4) is 0 Å². The maximum atomic E-state index is 10.6. The second kappa shape index (κ2) is 17.8. The van der Waals surface area contributed by atoms with Gasteiger partial charge in [0, 0.05) is 6.42 Å². The Kier molecular flexibility index (Phi) is 15.7. The molecule has 1 aromatic carbocycles. The van der Waals surface area contributed by atoms with Gasteiger partial charge in [0.25, 0.3) is 0 Å². The fourth-order valence-electron chi connectivity index (χ4n) is 3.84. The zero-order valence-electron chi connectivity index (χ0n) is 18.4. The Labute approximate surface area is 174 Å². The van der Waals surface area contributed by atoms with Crippen molar-refractivity contribution in [3.63, 3.8) is 0 Å². The van der Waals surface area contributed by atoms with Crippen molar-refractivity contribution >= 4 is 5.97 Å². The molecule has 0 aliphatic carbocycles. The van der Waals surface area contributed by atoms with Crippen LogP contribution >= 0.6 is 0 Å². The molecular weight excluding hydrogens is 344 g/mol. The normalized spacial score (nSPS) is 11.0. The van der Waals surface area contributed by atoms with Crippen LogP contribution in [0.1, 0.15) is 121 Å². The van der Waals surface area contributed by atoms with E-state index in [-0.39, 0.29) is 6.42 Å². The van der Waals surface area contributed by atoms with Gasteiger partial charge in [-0.1, -0.05) is 115 Å². The molecule has 1 aromatic rings. The monoisotopic (exact) mass is 388 g/mol. The van der Waals surface area contributed by atoms with Crippen LogP contribution in [0.25, 0.3) is 0 Å². The molecule has 1 N–H and O–H groups in total. The summed E-state index contributed by atoms with van der Waals surface area (Å²) >= 11 is 0. The Morgan fingerprint density at radius 3 is 1.36 bits per heavy atom. The molecular formula is C26H44O2. The second-order valence-electron chi connectivity index (χ2n) is 8.41. The molecule has 0 unspecified atom stereocenters. The van der Waals surface area contributed by atoms with E-state index >= 15 is 0 Å². The Bertz CT molecular complexity index is 478. The summed E-state index contributed by atoms with van der Waals surface area (Å²) in [5.41, 5.74) is 2.67. The zero-order valence-corrected chi connectivity index (χ0v) is 18.4. The van der Waals surface area contributed by atoms with Crippen LogP contribution in [0.5, 0.6) is 0 Å². The lowest BCUT2D eigenvalue weighted by molar-refractivity contribution is -0.137. The van der Waals surface area contributed by atoms with Crippen LogP contribution in [0, 0.1) is 0 Å². The summed E-state index contributed by atoms with van der Waals surface area (Å²) in [6.45, 7) is 2.28. The van der Waals surface area contributed by atoms with Gasteiger partial charge in [-0.15, -0.1) is 0 Å². The van der Waals surface area contributed by atoms with Crippen molar-refractivity contribution in [3.8, 4) is 0 Å². The Morgan fingerprint density at radius 2 is 0.964 bits per heavy atom. The van der Waals surface area contributed by atoms with E-state index < -0.39 is 5.97 Å². The van der Waals surface area contributed by atoms with Crippen molar-refractivity contribution in [1.29, 1.82) is 0 Å². The zero-order chi connectivity index (χ0) is 20.3. The van der Waals surface area contributed by atoms with Gasteiger partial charge in [-0.2, -0.15) is 0 Å². The van der Waals surface area contributed by atoms with Gasteiger partial charge < -0.3 is 5.11 Å². The largest absolute Gasteiger partial charge is 0.481 e. The maximum absolute atomic E-state index is 10.6. The van der Waals surface area contributed by atoms with Gasteiger partial charge in [0.15, 0.2) is 0 Å². The van der Waals surface area contributed by atoms with E-state index in [1.54, 1.807) is 0 Å². The molecule has 160 valence electrons. The average molecular weight is 389 g/mol. The summed E-state index contributed by atoms with van der Waals surface area (Å²) in [5.74, 6) is -0.700. The van der Waals surface area contributed by atoms with Gasteiger partial charge >= 0.3 is 5.97 Å². The van der Waals surface area contributed by atoms with Crippen molar-refractivity contribution in [1.82, 2.24) is 0 Å². The highest BCUT2D eigenvalue weighted by atomic mass is 16.4. The quantitative estimate of drug-likeness (QED) is 0.243. The smallest absolute Gasteiger partial charge is 0.303 e. The highest BCUT2D eigenvalue weighted by Crippen LogP contribution is 2.15. The fraction of sp³-hybridized carbons (Fsp3) is 0.731. The first-order valence-electron chi connectivity index (χ1n) is 12.0. The van der Waals surface area contributed by atoms with Crippen molar-refractivity contribution < 1.29 is 9.90 Å². The number of benzene rings is 1. The third-order valence-corrected chi connectivity index (χ3v) is 5.70. The third kappa shape index (κ3) is 14.7. The number of aryl methyl sites for hydroxylation is 2. The minimum atomic E-state index is -0.700. The lowest BCUT2D eigenvalue weighted by atomic mass is 10.0. The molecule has 0 saturated carbocycles. The predicted octanol–water partition coefficient (Wildman–Crippen LogP) is 8.12. The molecule has 0 aliphatic rings. The molecule has 2 heteroatoms. The molecule has 0 spiro atoms. The molecule has 0 heterocycles. The molecule has 0 radical (unpaired) electrons. The summed E-state index contributed by atoms with van der Waals surface area (Å²) in [7, 11) is 0. The molecule has 28 heavy (non-hydrogen) atoms. The molecule has 0 atom stereocenters. The van der Waals surface area contributed by atoms with Crippen LogP contribution in [0.2, 0.25) is 0 Å². The Balaban J connectivity index is 1.88. The number of carboxylic acids is 1. The third-order valence-electron chi connectivity index (χ3n) is 5.70. The number of carboxylic acid groups (broad SMARTS) is 1. The molecule has 0 bridgehead atoms. The minimum Gasteiger partial charge on any atom is -0.481 e. The van der Waals surface area contributed by atoms with E-state index in [1.165, 1.54) is 107 Å². The van der Waals surface area contributed by atoms with Crippen molar-refractivity contribution in [2.24, 2.45) is 0 Å². The van der Waals surface area contributed by atoms with Crippen molar-refractivity contribution in [2.75, 3.05) is 0 Å². The van der Waals surface area contributed by atoms with E-state index in [0.29, 0.717) is 0 Å². The first-order chi connectivity index (χ1) is 13.7. The fourth-order valence-corrected chi connectivity index (χ4v) is 3.84. The van der Waals surface area contributed by atoms with Crippen LogP contribution in [0.4, 0.5) is 0 Å². The van der Waals surface area contributed by atoms with Gasteiger partial charge in [-0.3, -0.25) is 4.79 Å². The number of unbranched alkanes of at least 4 members (excludes halogenated alkanes) is 13. The molecule has 2 nitrogen and oxygen atoms in total. The van der Waals surface area contributed by atoms with Crippen LogP contribution in [-0.4, -0.2) is 11.1 Å². The summed E-state index contributed by atoms with van der Waals surface area (Å²) in [4.78, 5) is 10.6. The highest BCUT2D eigenvalue weighted by Gasteiger charge is 2.00. The molecule has 1 rings (SSSR count). The Morgan fingerprint density at radius 1 is 0.607 bits per heavy atom. The molecule has 0 aliphatic heterocycles. The predicted molar refractivity (Wildman–Crippen MR) is 121 cm³/mol. The summed E-state index contributed by atoms with van der Waals surface area (Å²) in [6.07, 6.45) is 22.7. The first-order valence-corrected chi connectivity index (χ1v) is 12.0. The SMILES string of the molecule is CCCCCCCCCCCCCCCCc1ccc(CCCC(=O)O)cc1. The van der Waals surface area contributed by atoms with E-state index in [2.05, 4.69) is 31.2 Å². The first kappa shape index (κ1) is 24.7. The van der Waals surface area contributed by atoms with Crippen LogP contribution in [0.15, 0.2) is 24.3 Å². The van der Waals surface area contributed by atoms with E-state index in [1.807, 2.05) is 0 Å². The maximum Gasteiger partial charge on any atom is 0.303 e. The van der Waals surface area contributed by atoms with Crippen LogP contribution < -0.4 is 0 Å². The molecule has 0 aromatic heterocycles. The lowest BCUT2D eigenvalue weighted by Crippen LogP contribution is -1.96. The number of hydrogen-bond acceptors (Lipinski definition) is 1. The molecule has 0 fully saturated rings. The van der Waals surface area contributed by atoms with E-state index in [0.717, 1.165) is 12.8 Å². The van der Waals surface area contributed by atoms with Gasteiger partial charge in [0.05, 0.1) is 0 Å². The van der Waals surface area contributed by atoms with Crippen molar-refractivity contribution in [2.45, 2.75) is 122 Å². The topological polar surface area (TPSA) is 37.3 Å². The molecule has 0 amide bonds. The van der Waals surface area contributed by atoms with Crippen LogP contribution in [-0.2, 0) is 17.6 Å². The van der Waals surface area contributed by atoms with Gasteiger partial charge in [-0.25, -0.2) is 0 Å². The minimum absolute atomic E-state index is 0.265. The average Bonchev–Trinajstić information content (AvgIpc) is 2.69. The Hall–Kier alpha value is -1.31. The van der Waals surface area contributed by atoms with E-state index in [9.17, 15) is 4.79 Å². The lowest BCUT2D eigenvalue weighted by Gasteiger charge is -2.05. The van der Waals surface area contributed by atoms with Gasteiger partial charge in [0.1, 0.15) is 0 Å². The summed E-state index contributed by atoms with van der Waals surface area (Å²) in [6, 6.07) is 8.78.